The Hall–Kier alpha value is -2.37. The molecule has 5 heteroatoms. The fraction of sp³-hybridized carbons (Fsp3) is 0.435. The van der Waals surface area contributed by atoms with Crippen LogP contribution in [0, 0.1) is 6.92 Å². The second kappa shape index (κ2) is 10.8. The molecule has 0 unspecified atom stereocenters. The Morgan fingerprint density at radius 1 is 1.04 bits per heavy atom. The Morgan fingerprint density at radius 2 is 1.82 bits per heavy atom. The molecule has 1 saturated heterocycles. The summed E-state index contributed by atoms with van der Waals surface area (Å²) in [6.07, 6.45) is 0.982. The molecule has 2 aromatic rings. The number of rotatable bonds is 7. The molecule has 0 aliphatic carbocycles. The number of benzene rings is 2. The lowest BCUT2D eigenvalue weighted by atomic mass is 10.1. The minimum atomic E-state index is 0.768. The van der Waals surface area contributed by atoms with E-state index in [9.17, 15) is 0 Å². The van der Waals surface area contributed by atoms with E-state index in [0.717, 1.165) is 58.3 Å². The van der Waals surface area contributed by atoms with Crippen molar-refractivity contribution in [3.8, 4) is 0 Å². The molecule has 1 aliphatic heterocycles. The van der Waals surface area contributed by atoms with Crippen molar-refractivity contribution in [1.82, 2.24) is 15.5 Å². The first-order valence-electron chi connectivity index (χ1n) is 10.1. The molecule has 0 amide bonds. The van der Waals surface area contributed by atoms with Crippen molar-refractivity contribution >= 4 is 5.96 Å². The van der Waals surface area contributed by atoms with Gasteiger partial charge in [-0.05, 0) is 30.0 Å². The standard InChI is InChI=1S/C23H32N4O/c1-19-6-5-7-20(16-19)10-11-25-23(24-2)26-17-21-8-3-4-9-22(21)18-27-12-14-28-15-13-27/h3-9,16H,10-15,17-18H2,1-2H3,(H2,24,25,26). The summed E-state index contributed by atoms with van der Waals surface area (Å²) in [6.45, 7) is 8.40. The summed E-state index contributed by atoms with van der Waals surface area (Å²) in [6, 6.07) is 17.3. The summed E-state index contributed by atoms with van der Waals surface area (Å²) in [5.41, 5.74) is 5.33. The van der Waals surface area contributed by atoms with Crippen molar-refractivity contribution in [3.63, 3.8) is 0 Å². The normalized spacial score (nSPS) is 15.4. The van der Waals surface area contributed by atoms with Crippen LogP contribution in [0.4, 0.5) is 0 Å². The van der Waals surface area contributed by atoms with Crippen LogP contribution >= 0.6 is 0 Å². The Balaban J connectivity index is 1.49. The highest BCUT2D eigenvalue weighted by molar-refractivity contribution is 5.79. The number of nitrogens with zero attached hydrogens (tertiary/aromatic N) is 2. The lowest BCUT2D eigenvalue weighted by Gasteiger charge is -2.27. The lowest BCUT2D eigenvalue weighted by molar-refractivity contribution is 0.0341. The van der Waals surface area contributed by atoms with Gasteiger partial charge in [0.15, 0.2) is 5.96 Å². The zero-order valence-electron chi connectivity index (χ0n) is 17.1. The van der Waals surface area contributed by atoms with E-state index < -0.39 is 0 Å². The van der Waals surface area contributed by atoms with Gasteiger partial charge in [-0.3, -0.25) is 9.89 Å². The molecular weight excluding hydrogens is 348 g/mol. The van der Waals surface area contributed by atoms with Crippen molar-refractivity contribution in [2.45, 2.75) is 26.4 Å². The maximum Gasteiger partial charge on any atom is 0.191 e. The van der Waals surface area contributed by atoms with Gasteiger partial charge in [-0.15, -0.1) is 0 Å². The fourth-order valence-electron chi connectivity index (χ4n) is 3.48. The average molecular weight is 381 g/mol. The van der Waals surface area contributed by atoms with Crippen LogP contribution in [0.1, 0.15) is 22.3 Å². The number of hydrogen-bond acceptors (Lipinski definition) is 3. The second-order valence-electron chi connectivity index (χ2n) is 7.25. The molecular formula is C23H32N4O. The maximum absolute atomic E-state index is 5.46. The van der Waals surface area contributed by atoms with Gasteiger partial charge in [-0.2, -0.15) is 0 Å². The van der Waals surface area contributed by atoms with Gasteiger partial charge < -0.3 is 15.4 Å². The van der Waals surface area contributed by atoms with E-state index in [4.69, 9.17) is 4.74 Å². The molecule has 1 aliphatic rings. The number of aryl methyl sites for hydroxylation is 1. The minimum absolute atomic E-state index is 0.768. The van der Waals surface area contributed by atoms with E-state index in [2.05, 4.69) is 76.0 Å². The molecule has 0 saturated carbocycles. The van der Waals surface area contributed by atoms with E-state index in [-0.39, 0.29) is 0 Å². The quantitative estimate of drug-likeness (QED) is 0.573. The van der Waals surface area contributed by atoms with Crippen LogP contribution in [0.2, 0.25) is 0 Å². The van der Waals surface area contributed by atoms with E-state index in [1.54, 1.807) is 0 Å². The summed E-state index contributed by atoms with van der Waals surface area (Å²) in [5, 5.41) is 6.88. The maximum atomic E-state index is 5.46. The highest BCUT2D eigenvalue weighted by Crippen LogP contribution is 2.13. The minimum Gasteiger partial charge on any atom is -0.379 e. The molecule has 28 heavy (non-hydrogen) atoms. The molecule has 5 nitrogen and oxygen atoms in total. The smallest absolute Gasteiger partial charge is 0.191 e. The zero-order chi connectivity index (χ0) is 19.6. The van der Waals surface area contributed by atoms with Crippen LogP contribution in [0.25, 0.3) is 0 Å². The number of nitrogens with one attached hydrogen (secondary N) is 2. The Labute approximate surface area is 168 Å². The molecule has 0 bridgehead atoms. The Morgan fingerprint density at radius 3 is 2.57 bits per heavy atom. The van der Waals surface area contributed by atoms with Crippen LogP contribution in [-0.2, 0) is 24.2 Å². The predicted molar refractivity (Wildman–Crippen MR) is 116 cm³/mol. The molecule has 0 aromatic heterocycles. The monoisotopic (exact) mass is 380 g/mol. The van der Waals surface area contributed by atoms with E-state index in [1.165, 1.54) is 22.3 Å². The molecule has 1 heterocycles. The van der Waals surface area contributed by atoms with E-state index in [1.807, 2.05) is 7.05 Å². The predicted octanol–water partition coefficient (Wildman–Crippen LogP) is 2.73. The molecule has 150 valence electrons. The lowest BCUT2D eigenvalue weighted by Crippen LogP contribution is -2.38. The van der Waals surface area contributed by atoms with Crippen molar-refractivity contribution in [1.29, 1.82) is 0 Å². The molecule has 2 N–H and O–H groups in total. The van der Waals surface area contributed by atoms with Gasteiger partial charge in [-0.25, -0.2) is 0 Å². The van der Waals surface area contributed by atoms with E-state index >= 15 is 0 Å². The molecule has 0 spiro atoms. The zero-order valence-corrected chi connectivity index (χ0v) is 17.1. The molecule has 0 atom stereocenters. The summed E-state index contributed by atoms with van der Waals surface area (Å²) in [4.78, 5) is 6.82. The first-order valence-corrected chi connectivity index (χ1v) is 10.1. The molecule has 2 aromatic carbocycles. The van der Waals surface area contributed by atoms with Crippen LogP contribution < -0.4 is 10.6 Å². The van der Waals surface area contributed by atoms with Crippen molar-refractivity contribution in [2.24, 2.45) is 4.99 Å². The van der Waals surface area contributed by atoms with Crippen molar-refractivity contribution in [3.05, 3.63) is 70.8 Å². The van der Waals surface area contributed by atoms with Gasteiger partial charge in [0.1, 0.15) is 0 Å². The third-order valence-electron chi connectivity index (χ3n) is 5.07. The molecule has 3 rings (SSSR count). The first-order chi connectivity index (χ1) is 13.7. The SMILES string of the molecule is CN=C(NCCc1cccc(C)c1)NCc1ccccc1CN1CCOCC1. The van der Waals surface area contributed by atoms with Gasteiger partial charge in [-0.1, -0.05) is 54.1 Å². The van der Waals surface area contributed by atoms with Gasteiger partial charge in [0.2, 0.25) is 0 Å². The van der Waals surface area contributed by atoms with Gasteiger partial charge >= 0.3 is 0 Å². The Bertz CT molecular complexity index is 769. The van der Waals surface area contributed by atoms with Gasteiger partial charge in [0.25, 0.3) is 0 Å². The number of guanidine groups is 1. The molecule has 1 fully saturated rings. The highest BCUT2D eigenvalue weighted by atomic mass is 16.5. The summed E-state index contributed by atoms with van der Waals surface area (Å²) in [5.74, 6) is 0.842. The summed E-state index contributed by atoms with van der Waals surface area (Å²) in [7, 11) is 1.82. The van der Waals surface area contributed by atoms with E-state index in [0.29, 0.717) is 0 Å². The number of ether oxygens (including phenoxy) is 1. The van der Waals surface area contributed by atoms with Crippen LogP contribution in [-0.4, -0.2) is 50.8 Å². The third-order valence-corrected chi connectivity index (χ3v) is 5.07. The van der Waals surface area contributed by atoms with Crippen LogP contribution in [0.5, 0.6) is 0 Å². The van der Waals surface area contributed by atoms with Crippen LogP contribution in [0.15, 0.2) is 53.5 Å². The van der Waals surface area contributed by atoms with Crippen molar-refractivity contribution < 1.29 is 4.74 Å². The number of aliphatic imine (C=N–C) groups is 1. The third kappa shape index (κ3) is 6.36. The van der Waals surface area contributed by atoms with Crippen LogP contribution in [0.3, 0.4) is 0 Å². The van der Waals surface area contributed by atoms with Crippen molar-refractivity contribution in [2.75, 3.05) is 39.9 Å². The first kappa shape index (κ1) is 20.4. The summed E-state index contributed by atoms with van der Waals surface area (Å²) < 4.78 is 5.46. The fourth-order valence-corrected chi connectivity index (χ4v) is 3.48. The number of morpholine rings is 1. The topological polar surface area (TPSA) is 48.9 Å². The second-order valence-corrected chi connectivity index (χ2v) is 7.25. The largest absolute Gasteiger partial charge is 0.379 e. The average Bonchev–Trinajstić information content (AvgIpc) is 2.72. The molecule has 0 radical (unpaired) electrons. The summed E-state index contributed by atoms with van der Waals surface area (Å²) >= 11 is 0. The highest BCUT2D eigenvalue weighted by Gasteiger charge is 2.12. The Kier molecular flexibility index (Phi) is 7.88. The van der Waals surface area contributed by atoms with Gasteiger partial charge in [0.05, 0.1) is 13.2 Å². The van der Waals surface area contributed by atoms with Gasteiger partial charge in [0, 0.05) is 39.8 Å². The number of hydrogen-bond donors (Lipinski definition) is 2.